The van der Waals surface area contributed by atoms with Crippen LogP contribution in [0.3, 0.4) is 0 Å². The molecule has 0 radical (unpaired) electrons. The first-order valence-electron chi connectivity index (χ1n) is 12.0. The molecule has 5 nitrogen and oxygen atoms in total. The smallest absolute Gasteiger partial charge is 0.243 e. The van der Waals surface area contributed by atoms with Gasteiger partial charge in [0.1, 0.15) is 18.5 Å². The van der Waals surface area contributed by atoms with Crippen LogP contribution in [0.2, 0.25) is 0 Å². The van der Waals surface area contributed by atoms with Crippen LogP contribution in [0, 0.1) is 0 Å². The number of unbranched alkanes of at least 4 members (excludes halogenated alkanes) is 11. The molecule has 0 aliphatic carbocycles. The van der Waals surface area contributed by atoms with E-state index in [2.05, 4.69) is 41.8 Å². The molecule has 0 bridgehead atoms. The number of imidazole rings is 1. The first-order valence-corrected chi connectivity index (χ1v) is 12.0. The normalized spacial score (nSPS) is 11.6. The molecule has 1 unspecified atom stereocenters. The molecule has 1 aromatic carbocycles. The van der Waals surface area contributed by atoms with Crippen molar-refractivity contribution < 1.29 is 19.6 Å². The maximum absolute atomic E-state index is 10.1. The van der Waals surface area contributed by atoms with Crippen molar-refractivity contribution >= 4 is 5.97 Å². The van der Waals surface area contributed by atoms with E-state index in [1.54, 1.807) is 18.2 Å². The summed E-state index contributed by atoms with van der Waals surface area (Å²) in [5.74, 6) is -1.48. The number of nitrogens with zero attached hydrogens (tertiary/aromatic N) is 2. The molecule has 1 N–H and O–H groups in total. The van der Waals surface area contributed by atoms with Crippen LogP contribution in [0.15, 0.2) is 49.1 Å². The summed E-state index contributed by atoms with van der Waals surface area (Å²) >= 11 is 0. The van der Waals surface area contributed by atoms with Crippen LogP contribution in [0.5, 0.6) is 0 Å². The number of carboxylic acids is 1. The summed E-state index contributed by atoms with van der Waals surface area (Å²) in [4.78, 5) is 10.1. The number of carbonyl (C=O) groups excluding carboxylic acids is 1. The predicted octanol–water partition coefficient (Wildman–Crippen LogP) is 4.48. The van der Waals surface area contributed by atoms with Crippen LogP contribution in [0.25, 0.3) is 0 Å². The molecule has 0 aliphatic rings. The number of carboxylic acid groups (broad SMARTS) is 1. The van der Waals surface area contributed by atoms with Crippen molar-refractivity contribution in [2.45, 2.75) is 96.6 Å². The van der Waals surface area contributed by atoms with E-state index < -0.39 is 12.1 Å². The van der Waals surface area contributed by atoms with Gasteiger partial charge in [0.2, 0.25) is 6.33 Å². The van der Waals surface area contributed by atoms with Crippen LogP contribution < -0.4 is 9.67 Å². The summed E-state index contributed by atoms with van der Waals surface area (Å²) in [7, 11) is 2.08. The number of rotatable bonds is 15. The zero-order valence-corrected chi connectivity index (χ0v) is 19.5. The van der Waals surface area contributed by atoms with Crippen molar-refractivity contribution in [2.75, 3.05) is 0 Å². The summed E-state index contributed by atoms with van der Waals surface area (Å²) in [6, 6.07) is 8.11. The Morgan fingerprint density at radius 1 is 0.935 bits per heavy atom. The first kappa shape index (κ1) is 26.9. The van der Waals surface area contributed by atoms with Crippen LogP contribution >= 0.6 is 0 Å². The molecule has 0 spiro atoms. The van der Waals surface area contributed by atoms with Crippen molar-refractivity contribution in [1.29, 1.82) is 0 Å². The summed E-state index contributed by atoms with van der Waals surface area (Å²) in [5.41, 5.74) is 0.340. The largest absolute Gasteiger partial charge is 0.547 e. The van der Waals surface area contributed by atoms with Crippen LogP contribution in [-0.4, -0.2) is 15.6 Å². The monoisotopic (exact) mass is 430 g/mol. The lowest BCUT2D eigenvalue weighted by Crippen LogP contribution is -2.29. The zero-order valence-electron chi connectivity index (χ0n) is 19.5. The Balaban J connectivity index is 0.000000367. The highest BCUT2D eigenvalue weighted by molar-refractivity contribution is 5.71. The van der Waals surface area contributed by atoms with E-state index in [4.69, 9.17) is 5.11 Å². The molecule has 0 aliphatic heterocycles. The summed E-state index contributed by atoms with van der Waals surface area (Å²) in [5, 5.41) is 19.1. The summed E-state index contributed by atoms with van der Waals surface area (Å²) < 4.78 is 4.40. The van der Waals surface area contributed by atoms with Crippen molar-refractivity contribution in [1.82, 2.24) is 4.57 Å². The Bertz CT molecular complexity index is 685. The van der Waals surface area contributed by atoms with Crippen molar-refractivity contribution in [3.8, 4) is 0 Å². The molecular formula is C26H42N2O3. The van der Waals surface area contributed by atoms with E-state index in [-0.39, 0.29) is 0 Å². The van der Waals surface area contributed by atoms with Gasteiger partial charge in [0.25, 0.3) is 0 Å². The minimum absolute atomic E-state index is 0.340. The number of aromatic nitrogens is 2. The highest BCUT2D eigenvalue weighted by Crippen LogP contribution is 2.12. The standard InChI is InChI=1S/C18H35N2.C8H8O3/c1-3-4-5-6-7-8-9-10-11-12-13-14-15-20-17-16-19(2)18-20;9-7(8(10)11)6-4-2-1-3-5-6/h16-18H,3-15H2,1-2H3;1-5,7,9H,(H,10,11)/q+1;/p-1. The predicted molar refractivity (Wildman–Crippen MR) is 123 cm³/mol. The van der Waals surface area contributed by atoms with E-state index in [1.807, 2.05) is 0 Å². The number of aliphatic hydroxyl groups is 1. The lowest BCUT2D eigenvalue weighted by Gasteiger charge is -2.10. The van der Waals surface area contributed by atoms with Gasteiger partial charge in [-0.1, -0.05) is 101 Å². The van der Waals surface area contributed by atoms with Crippen molar-refractivity contribution in [3.63, 3.8) is 0 Å². The second-order valence-electron chi connectivity index (χ2n) is 8.34. The highest BCUT2D eigenvalue weighted by Gasteiger charge is 2.05. The van der Waals surface area contributed by atoms with Gasteiger partial charge in [-0.05, 0) is 18.4 Å². The molecule has 1 heterocycles. The molecule has 2 aromatic rings. The van der Waals surface area contributed by atoms with Gasteiger partial charge in [-0.15, -0.1) is 0 Å². The maximum atomic E-state index is 10.1. The number of aryl methyl sites for hydroxylation is 2. The third-order valence-corrected chi connectivity index (χ3v) is 5.43. The van der Waals surface area contributed by atoms with Gasteiger partial charge in [-0.3, -0.25) is 0 Å². The number of carbonyl (C=O) groups is 1. The summed E-state index contributed by atoms with van der Waals surface area (Å²) in [6.45, 7) is 3.47. The third kappa shape index (κ3) is 13.7. The van der Waals surface area contributed by atoms with Gasteiger partial charge >= 0.3 is 0 Å². The number of aliphatic hydroxyl groups excluding tert-OH is 1. The second kappa shape index (κ2) is 17.5. The fraction of sp³-hybridized carbons (Fsp3) is 0.615. The molecule has 174 valence electrons. The number of aliphatic carboxylic acids is 1. The molecule has 0 fully saturated rings. The first-order chi connectivity index (χ1) is 15.0. The Morgan fingerprint density at radius 3 is 1.90 bits per heavy atom. The Hall–Kier alpha value is -2.14. The van der Waals surface area contributed by atoms with Gasteiger partial charge in [-0.2, -0.15) is 0 Å². The quantitative estimate of drug-likeness (QED) is 0.334. The Morgan fingerprint density at radius 2 is 1.45 bits per heavy atom. The second-order valence-corrected chi connectivity index (χ2v) is 8.34. The molecule has 31 heavy (non-hydrogen) atoms. The Kier molecular flexibility index (Phi) is 15.2. The number of hydrogen-bond donors (Lipinski definition) is 1. The maximum Gasteiger partial charge on any atom is 0.243 e. The Labute approximate surface area is 188 Å². The van der Waals surface area contributed by atoms with Gasteiger partial charge in [0, 0.05) is 0 Å². The van der Waals surface area contributed by atoms with E-state index in [0.717, 1.165) is 0 Å². The summed E-state index contributed by atoms with van der Waals surface area (Å²) in [6.07, 6.45) is 22.0. The topological polar surface area (TPSA) is 69.2 Å². The van der Waals surface area contributed by atoms with E-state index >= 15 is 0 Å². The number of benzene rings is 1. The fourth-order valence-corrected chi connectivity index (χ4v) is 3.54. The molecule has 1 atom stereocenters. The molecule has 0 saturated carbocycles. The van der Waals surface area contributed by atoms with Gasteiger partial charge < -0.3 is 15.0 Å². The average Bonchev–Trinajstić information content (AvgIpc) is 3.20. The van der Waals surface area contributed by atoms with Crippen molar-refractivity contribution in [2.24, 2.45) is 7.05 Å². The van der Waals surface area contributed by atoms with E-state index in [0.29, 0.717) is 5.56 Å². The SMILES string of the molecule is CCCCCCCCCCCCCCn1cc[n+](C)c1.O=C([O-])C(O)c1ccccc1. The van der Waals surface area contributed by atoms with Gasteiger partial charge in [-0.25, -0.2) is 9.13 Å². The third-order valence-electron chi connectivity index (χ3n) is 5.43. The minimum atomic E-state index is -1.52. The lowest BCUT2D eigenvalue weighted by molar-refractivity contribution is -0.671. The van der Waals surface area contributed by atoms with E-state index in [9.17, 15) is 9.90 Å². The molecule has 0 saturated heterocycles. The van der Waals surface area contributed by atoms with E-state index in [1.165, 1.54) is 95.7 Å². The number of hydrogen-bond acceptors (Lipinski definition) is 3. The van der Waals surface area contributed by atoms with Crippen LogP contribution in [0.4, 0.5) is 0 Å². The van der Waals surface area contributed by atoms with Gasteiger partial charge in [0.15, 0.2) is 0 Å². The van der Waals surface area contributed by atoms with Crippen LogP contribution in [-0.2, 0) is 18.4 Å². The molecule has 0 amide bonds. The molecule has 2 rings (SSSR count). The fourth-order valence-electron chi connectivity index (χ4n) is 3.54. The molecular weight excluding hydrogens is 388 g/mol. The zero-order chi connectivity index (χ0) is 22.7. The van der Waals surface area contributed by atoms with Crippen LogP contribution in [0.1, 0.15) is 95.6 Å². The van der Waals surface area contributed by atoms with Gasteiger partial charge in [0.05, 0.1) is 19.6 Å². The molecule has 1 aromatic heterocycles. The minimum Gasteiger partial charge on any atom is -0.547 e. The highest BCUT2D eigenvalue weighted by atomic mass is 16.4. The van der Waals surface area contributed by atoms with Crippen molar-refractivity contribution in [3.05, 3.63) is 54.6 Å². The molecule has 5 heteroatoms. The average molecular weight is 431 g/mol. The lowest BCUT2D eigenvalue weighted by atomic mass is 10.1.